The predicted molar refractivity (Wildman–Crippen MR) is 101 cm³/mol. The van der Waals surface area contributed by atoms with Crippen LogP contribution in [-0.2, 0) is 14.3 Å². The van der Waals surface area contributed by atoms with Crippen molar-refractivity contribution in [3.05, 3.63) is 24.3 Å². The van der Waals surface area contributed by atoms with E-state index in [0.717, 1.165) is 63.6 Å². The first-order valence-corrected chi connectivity index (χ1v) is 9.31. The first kappa shape index (κ1) is 18.7. The van der Waals surface area contributed by atoms with Crippen molar-refractivity contribution in [2.24, 2.45) is 11.7 Å². The van der Waals surface area contributed by atoms with Crippen LogP contribution in [0.3, 0.4) is 0 Å². The highest BCUT2D eigenvalue weighted by Gasteiger charge is 2.28. The van der Waals surface area contributed by atoms with E-state index >= 15 is 0 Å². The maximum Gasteiger partial charge on any atom is 0.241 e. The number of hydrogen-bond acceptors (Lipinski definition) is 5. The van der Waals surface area contributed by atoms with E-state index < -0.39 is 0 Å². The summed E-state index contributed by atoms with van der Waals surface area (Å²) in [5.41, 5.74) is 7.31. The number of nitrogens with two attached hydrogens (primary N) is 1. The zero-order valence-electron chi connectivity index (χ0n) is 15.3. The van der Waals surface area contributed by atoms with Crippen LogP contribution in [0.4, 0.5) is 11.4 Å². The number of nitrogens with one attached hydrogen (secondary N) is 1. The van der Waals surface area contributed by atoms with Crippen molar-refractivity contribution >= 4 is 23.2 Å². The number of anilines is 2. The van der Waals surface area contributed by atoms with Crippen LogP contribution in [0.1, 0.15) is 19.8 Å². The van der Waals surface area contributed by atoms with Crippen molar-refractivity contribution in [1.29, 1.82) is 0 Å². The van der Waals surface area contributed by atoms with Gasteiger partial charge in [-0.15, -0.1) is 0 Å². The van der Waals surface area contributed by atoms with Gasteiger partial charge in [0.05, 0.1) is 19.3 Å². The molecule has 0 radical (unpaired) electrons. The zero-order valence-corrected chi connectivity index (χ0v) is 15.3. The standard InChI is InChI=1S/C19H28N4O3/c1-14(22-8-6-15(7-9-22)18(20)24)19(25)21-16-2-4-17(5-3-16)23-10-12-26-13-11-23/h2-5,14-15H,6-13H2,1H3,(H2,20,24)(H,21,25). The highest BCUT2D eigenvalue weighted by molar-refractivity contribution is 5.94. The van der Waals surface area contributed by atoms with Crippen LogP contribution in [0, 0.1) is 5.92 Å². The summed E-state index contributed by atoms with van der Waals surface area (Å²) in [5.74, 6) is -0.321. The number of carbonyl (C=O) groups excluding carboxylic acids is 2. The van der Waals surface area contributed by atoms with E-state index in [9.17, 15) is 9.59 Å². The Morgan fingerprint density at radius 3 is 2.31 bits per heavy atom. The van der Waals surface area contributed by atoms with E-state index in [0.29, 0.717) is 0 Å². The molecule has 2 aliphatic heterocycles. The second-order valence-electron chi connectivity index (χ2n) is 7.02. The molecule has 0 bridgehead atoms. The first-order chi connectivity index (χ1) is 12.5. The molecule has 26 heavy (non-hydrogen) atoms. The molecule has 3 N–H and O–H groups in total. The lowest BCUT2D eigenvalue weighted by Gasteiger charge is -2.34. The second-order valence-corrected chi connectivity index (χ2v) is 7.02. The normalized spacial score (nSPS) is 20.6. The zero-order chi connectivity index (χ0) is 18.5. The number of likely N-dealkylation sites (tertiary alicyclic amines) is 1. The van der Waals surface area contributed by atoms with Crippen LogP contribution in [0.15, 0.2) is 24.3 Å². The lowest BCUT2D eigenvalue weighted by Crippen LogP contribution is -2.47. The lowest BCUT2D eigenvalue weighted by atomic mass is 9.95. The molecule has 2 saturated heterocycles. The van der Waals surface area contributed by atoms with Crippen LogP contribution in [-0.4, -0.2) is 62.1 Å². The van der Waals surface area contributed by atoms with Gasteiger partial charge in [0, 0.05) is 30.4 Å². The quantitative estimate of drug-likeness (QED) is 0.819. The maximum atomic E-state index is 12.5. The highest BCUT2D eigenvalue weighted by Crippen LogP contribution is 2.21. The summed E-state index contributed by atoms with van der Waals surface area (Å²) in [4.78, 5) is 28.2. The van der Waals surface area contributed by atoms with Gasteiger partial charge in [-0.2, -0.15) is 0 Å². The van der Waals surface area contributed by atoms with Gasteiger partial charge in [0.1, 0.15) is 0 Å². The fourth-order valence-corrected chi connectivity index (χ4v) is 3.56. The smallest absolute Gasteiger partial charge is 0.241 e. The number of ether oxygens (including phenoxy) is 1. The van der Waals surface area contributed by atoms with Crippen molar-refractivity contribution in [3.63, 3.8) is 0 Å². The van der Waals surface area contributed by atoms with Gasteiger partial charge in [0.15, 0.2) is 0 Å². The third-order valence-electron chi connectivity index (χ3n) is 5.37. The van der Waals surface area contributed by atoms with Crippen molar-refractivity contribution < 1.29 is 14.3 Å². The molecular weight excluding hydrogens is 332 g/mol. The second kappa shape index (κ2) is 8.51. The summed E-state index contributed by atoms with van der Waals surface area (Å²) in [6.07, 6.45) is 1.45. The summed E-state index contributed by atoms with van der Waals surface area (Å²) >= 11 is 0. The summed E-state index contributed by atoms with van der Waals surface area (Å²) in [6.45, 7) is 6.64. The summed E-state index contributed by atoms with van der Waals surface area (Å²) in [5, 5.41) is 2.99. The Balaban J connectivity index is 1.51. The number of primary amides is 1. The molecule has 1 aromatic carbocycles. The molecule has 0 spiro atoms. The average Bonchev–Trinajstić information content (AvgIpc) is 2.68. The number of nitrogens with zero attached hydrogens (tertiary/aromatic N) is 2. The summed E-state index contributed by atoms with van der Waals surface area (Å²) < 4.78 is 5.37. The van der Waals surface area contributed by atoms with Crippen molar-refractivity contribution in [2.75, 3.05) is 49.6 Å². The molecule has 7 heteroatoms. The third-order valence-corrected chi connectivity index (χ3v) is 5.37. The Hall–Kier alpha value is -2.12. The molecular formula is C19H28N4O3. The molecule has 7 nitrogen and oxygen atoms in total. The van der Waals surface area contributed by atoms with Gasteiger partial charge in [0.25, 0.3) is 0 Å². The van der Waals surface area contributed by atoms with Gasteiger partial charge in [0.2, 0.25) is 11.8 Å². The molecule has 0 aliphatic carbocycles. The monoisotopic (exact) mass is 360 g/mol. The minimum absolute atomic E-state index is 0.0263. The van der Waals surface area contributed by atoms with Crippen LogP contribution >= 0.6 is 0 Å². The van der Waals surface area contributed by atoms with Crippen molar-refractivity contribution in [3.8, 4) is 0 Å². The number of morpholine rings is 1. The van der Waals surface area contributed by atoms with Crippen molar-refractivity contribution in [2.45, 2.75) is 25.8 Å². The molecule has 2 fully saturated rings. The highest BCUT2D eigenvalue weighted by atomic mass is 16.5. The van der Waals surface area contributed by atoms with Gasteiger partial charge in [-0.3, -0.25) is 14.5 Å². The molecule has 0 aromatic heterocycles. The molecule has 1 atom stereocenters. The largest absolute Gasteiger partial charge is 0.378 e. The Morgan fingerprint density at radius 1 is 1.12 bits per heavy atom. The first-order valence-electron chi connectivity index (χ1n) is 9.31. The van der Waals surface area contributed by atoms with Gasteiger partial charge in [-0.05, 0) is 57.1 Å². The molecule has 2 amide bonds. The Kier molecular flexibility index (Phi) is 6.11. The summed E-state index contributed by atoms with van der Waals surface area (Å²) in [6, 6.07) is 7.71. The number of amides is 2. The van der Waals surface area contributed by atoms with Gasteiger partial charge < -0.3 is 20.7 Å². The third kappa shape index (κ3) is 4.53. The van der Waals surface area contributed by atoms with Gasteiger partial charge >= 0.3 is 0 Å². The Labute approximate surface area is 154 Å². The van der Waals surface area contributed by atoms with Crippen LogP contribution in [0.5, 0.6) is 0 Å². The lowest BCUT2D eigenvalue weighted by molar-refractivity contribution is -0.124. The number of benzene rings is 1. The molecule has 2 heterocycles. The summed E-state index contributed by atoms with van der Waals surface area (Å²) in [7, 11) is 0. The van der Waals surface area contributed by atoms with Crippen LogP contribution in [0.2, 0.25) is 0 Å². The van der Waals surface area contributed by atoms with E-state index in [1.807, 2.05) is 31.2 Å². The SMILES string of the molecule is CC(C(=O)Nc1ccc(N2CCOCC2)cc1)N1CCC(C(N)=O)CC1. The van der Waals surface area contributed by atoms with E-state index in [-0.39, 0.29) is 23.8 Å². The van der Waals surface area contributed by atoms with E-state index in [2.05, 4.69) is 15.1 Å². The molecule has 3 rings (SSSR count). The number of carbonyl (C=O) groups is 2. The average molecular weight is 360 g/mol. The molecule has 0 saturated carbocycles. The molecule has 1 unspecified atom stereocenters. The number of hydrogen-bond donors (Lipinski definition) is 2. The minimum atomic E-state index is -0.234. The van der Waals surface area contributed by atoms with E-state index in [1.165, 1.54) is 0 Å². The Bertz CT molecular complexity index is 620. The molecule has 142 valence electrons. The van der Waals surface area contributed by atoms with Crippen LogP contribution < -0.4 is 16.0 Å². The van der Waals surface area contributed by atoms with Crippen molar-refractivity contribution in [1.82, 2.24) is 4.90 Å². The van der Waals surface area contributed by atoms with Gasteiger partial charge in [-0.1, -0.05) is 0 Å². The van der Waals surface area contributed by atoms with E-state index in [1.54, 1.807) is 0 Å². The maximum absolute atomic E-state index is 12.5. The predicted octanol–water partition coefficient (Wildman–Crippen LogP) is 1.05. The number of rotatable bonds is 5. The molecule has 2 aliphatic rings. The fourth-order valence-electron chi connectivity index (χ4n) is 3.56. The fraction of sp³-hybridized carbons (Fsp3) is 0.579. The van der Waals surface area contributed by atoms with Gasteiger partial charge in [-0.25, -0.2) is 0 Å². The molecule has 1 aromatic rings. The van der Waals surface area contributed by atoms with E-state index in [4.69, 9.17) is 10.5 Å². The minimum Gasteiger partial charge on any atom is -0.378 e. The number of piperidine rings is 1. The Morgan fingerprint density at radius 2 is 1.73 bits per heavy atom. The van der Waals surface area contributed by atoms with Crippen LogP contribution in [0.25, 0.3) is 0 Å². The topological polar surface area (TPSA) is 87.9 Å².